The average Bonchev–Trinajstić information content (AvgIpc) is 3.61. The van der Waals surface area contributed by atoms with E-state index in [1.165, 1.54) is 77.2 Å². The first-order valence-corrected chi connectivity index (χ1v) is 20.1. The van der Waals surface area contributed by atoms with Gasteiger partial charge in [-0.1, -0.05) is 206 Å². The van der Waals surface area contributed by atoms with Crippen LogP contribution in [-0.4, -0.2) is 0 Å². The van der Waals surface area contributed by atoms with Crippen molar-refractivity contribution in [3.8, 4) is 33.4 Å². The molecule has 0 spiro atoms. The summed E-state index contributed by atoms with van der Waals surface area (Å²) in [5.41, 5.74) is 15.3. The number of benzene rings is 10. The zero-order valence-electron chi connectivity index (χ0n) is 32.0. The summed E-state index contributed by atoms with van der Waals surface area (Å²) in [6.45, 7) is 0. The molecule has 11 rings (SSSR count). The van der Waals surface area contributed by atoms with Gasteiger partial charge in [-0.3, -0.25) is 0 Å². The van der Waals surface area contributed by atoms with E-state index in [0.717, 1.165) is 17.1 Å². The normalized spacial score (nSPS) is 12.6. The van der Waals surface area contributed by atoms with Crippen LogP contribution >= 0.6 is 0 Å². The second-order valence-corrected chi connectivity index (χ2v) is 15.2. The number of hydrogen-bond acceptors (Lipinski definition) is 1. The maximum atomic E-state index is 2.48. The van der Waals surface area contributed by atoms with Crippen LogP contribution in [0.1, 0.15) is 22.3 Å². The lowest BCUT2D eigenvalue weighted by Crippen LogP contribution is -2.28. The highest BCUT2D eigenvalue weighted by molar-refractivity contribution is 6.14. The lowest BCUT2D eigenvalue weighted by atomic mass is 9.67. The van der Waals surface area contributed by atoms with E-state index in [4.69, 9.17) is 0 Å². The Bertz CT molecular complexity index is 3050. The molecule has 10 aromatic rings. The van der Waals surface area contributed by atoms with E-state index in [1.807, 2.05) is 0 Å². The van der Waals surface area contributed by atoms with Gasteiger partial charge >= 0.3 is 0 Å². The molecule has 0 unspecified atom stereocenters. The van der Waals surface area contributed by atoms with Crippen LogP contribution in [0.25, 0.3) is 54.9 Å². The second kappa shape index (κ2) is 13.9. The van der Waals surface area contributed by atoms with Crippen LogP contribution in [-0.2, 0) is 5.41 Å². The molecular weight excluding hydrogens is 699 g/mol. The van der Waals surface area contributed by atoms with Crippen molar-refractivity contribution in [2.45, 2.75) is 5.41 Å². The Kier molecular flexibility index (Phi) is 8.12. The molecule has 1 aliphatic carbocycles. The Hall–Kier alpha value is -7.48. The van der Waals surface area contributed by atoms with Gasteiger partial charge in [-0.15, -0.1) is 0 Å². The van der Waals surface area contributed by atoms with Gasteiger partial charge in [0.2, 0.25) is 0 Å². The van der Waals surface area contributed by atoms with Gasteiger partial charge in [-0.25, -0.2) is 0 Å². The molecule has 0 amide bonds. The van der Waals surface area contributed by atoms with Crippen molar-refractivity contribution >= 4 is 38.6 Å². The molecule has 0 saturated carbocycles. The Morgan fingerprint density at radius 2 is 0.776 bits per heavy atom. The topological polar surface area (TPSA) is 3.24 Å². The fraction of sp³-hybridized carbons (Fsp3) is 0.0175. The van der Waals surface area contributed by atoms with Gasteiger partial charge in [-0.2, -0.15) is 0 Å². The van der Waals surface area contributed by atoms with Crippen LogP contribution in [0.2, 0.25) is 0 Å². The first-order valence-electron chi connectivity index (χ1n) is 20.1. The summed E-state index contributed by atoms with van der Waals surface area (Å²) in [5.74, 6) is 0. The molecule has 272 valence electrons. The molecule has 0 heterocycles. The standard InChI is InChI=1S/C57H39N/c1-4-18-40(19-5-1)47-25-12-13-26-48(47)41-32-34-45(35-33-41)58(56-38-42-20-10-11-27-49(42)50-28-14-15-30-53(50)56)46-36-37-52-51-29-16-17-31-54(51)57(55(52)39-46,43-21-6-2-7-22-43)44-23-8-3-9-24-44/h1-39H. The highest BCUT2D eigenvalue weighted by Crippen LogP contribution is 2.57. The van der Waals surface area contributed by atoms with Crippen molar-refractivity contribution in [3.05, 3.63) is 259 Å². The molecule has 0 saturated heterocycles. The van der Waals surface area contributed by atoms with Crippen molar-refractivity contribution < 1.29 is 0 Å². The van der Waals surface area contributed by atoms with E-state index in [0.29, 0.717) is 0 Å². The number of anilines is 3. The van der Waals surface area contributed by atoms with Crippen LogP contribution in [0.4, 0.5) is 17.1 Å². The molecule has 0 radical (unpaired) electrons. The molecule has 1 aliphatic rings. The fourth-order valence-electron chi connectivity index (χ4n) is 9.61. The second-order valence-electron chi connectivity index (χ2n) is 15.2. The minimum Gasteiger partial charge on any atom is -0.310 e. The van der Waals surface area contributed by atoms with E-state index in [1.54, 1.807) is 0 Å². The predicted molar refractivity (Wildman–Crippen MR) is 244 cm³/mol. The van der Waals surface area contributed by atoms with E-state index in [2.05, 4.69) is 241 Å². The number of rotatable bonds is 7. The van der Waals surface area contributed by atoms with Gasteiger partial charge < -0.3 is 4.90 Å². The largest absolute Gasteiger partial charge is 0.310 e. The Morgan fingerprint density at radius 3 is 1.45 bits per heavy atom. The quantitative estimate of drug-likeness (QED) is 0.147. The maximum Gasteiger partial charge on any atom is 0.0714 e. The molecule has 0 bridgehead atoms. The van der Waals surface area contributed by atoms with Crippen LogP contribution in [0.5, 0.6) is 0 Å². The molecule has 58 heavy (non-hydrogen) atoms. The van der Waals surface area contributed by atoms with Gasteiger partial charge in [-0.05, 0) is 102 Å². The lowest BCUT2D eigenvalue weighted by molar-refractivity contribution is 0.768. The summed E-state index contributed by atoms with van der Waals surface area (Å²) in [6.07, 6.45) is 0. The molecule has 0 fully saturated rings. The van der Waals surface area contributed by atoms with Crippen LogP contribution < -0.4 is 4.90 Å². The van der Waals surface area contributed by atoms with Gasteiger partial charge in [0.05, 0.1) is 11.1 Å². The molecule has 1 heteroatoms. The fourth-order valence-corrected chi connectivity index (χ4v) is 9.61. The van der Waals surface area contributed by atoms with Gasteiger partial charge in [0.15, 0.2) is 0 Å². The van der Waals surface area contributed by atoms with Crippen molar-refractivity contribution in [1.82, 2.24) is 0 Å². The van der Waals surface area contributed by atoms with E-state index in [-0.39, 0.29) is 0 Å². The van der Waals surface area contributed by atoms with Crippen molar-refractivity contribution in [2.24, 2.45) is 0 Å². The highest BCUT2D eigenvalue weighted by Gasteiger charge is 2.46. The SMILES string of the molecule is c1ccc(-c2ccccc2-c2ccc(N(c3ccc4c(c3)C(c3ccccc3)(c3ccccc3)c3ccccc3-4)c3cc4ccccc4c4ccccc34)cc2)cc1. The van der Waals surface area contributed by atoms with Crippen molar-refractivity contribution in [1.29, 1.82) is 0 Å². The number of hydrogen-bond donors (Lipinski definition) is 0. The summed E-state index contributed by atoms with van der Waals surface area (Å²) in [4.78, 5) is 2.48. The summed E-state index contributed by atoms with van der Waals surface area (Å²) in [6, 6.07) is 86.8. The lowest BCUT2D eigenvalue weighted by Gasteiger charge is -2.35. The monoisotopic (exact) mass is 737 g/mol. The summed E-state index contributed by atoms with van der Waals surface area (Å²) < 4.78 is 0. The molecular formula is C57H39N. The number of fused-ring (bicyclic) bond motifs is 6. The molecule has 10 aromatic carbocycles. The van der Waals surface area contributed by atoms with E-state index in [9.17, 15) is 0 Å². The van der Waals surface area contributed by atoms with Crippen LogP contribution in [0, 0.1) is 0 Å². The third-order valence-electron chi connectivity index (χ3n) is 12.1. The molecule has 0 aromatic heterocycles. The van der Waals surface area contributed by atoms with E-state index >= 15 is 0 Å². The average molecular weight is 738 g/mol. The van der Waals surface area contributed by atoms with Gasteiger partial charge in [0.1, 0.15) is 0 Å². The third kappa shape index (κ3) is 5.32. The number of nitrogens with zero attached hydrogens (tertiary/aromatic N) is 1. The predicted octanol–water partition coefficient (Wildman–Crippen LogP) is 15.2. The Labute approximate surface area is 339 Å². The molecule has 0 aliphatic heterocycles. The molecule has 0 N–H and O–H groups in total. The van der Waals surface area contributed by atoms with Crippen molar-refractivity contribution in [3.63, 3.8) is 0 Å². The zero-order valence-corrected chi connectivity index (χ0v) is 32.0. The van der Waals surface area contributed by atoms with Crippen molar-refractivity contribution in [2.75, 3.05) is 4.90 Å². The molecule has 1 nitrogen and oxygen atoms in total. The van der Waals surface area contributed by atoms with Crippen LogP contribution in [0.15, 0.2) is 237 Å². The van der Waals surface area contributed by atoms with Gasteiger partial charge in [0, 0.05) is 16.8 Å². The smallest absolute Gasteiger partial charge is 0.0714 e. The molecule has 0 atom stereocenters. The summed E-state index contributed by atoms with van der Waals surface area (Å²) >= 11 is 0. The summed E-state index contributed by atoms with van der Waals surface area (Å²) in [5, 5.41) is 4.92. The highest BCUT2D eigenvalue weighted by atomic mass is 15.1. The Morgan fingerprint density at radius 1 is 0.293 bits per heavy atom. The minimum atomic E-state index is -0.507. The van der Waals surface area contributed by atoms with Crippen LogP contribution in [0.3, 0.4) is 0 Å². The van der Waals surface area contributed by atoms with E-state index < -0.39 is 5.41 Å². The Balaban J connectivity index is 1.17. The first-order chi connectivity index (χ1) is 28.8. The maximum absolute atomic E-state index is 2.48. The summed E-state index contributed by atoms with van der Waals surface area (Å²) in [7, 11) is 0. The minimum absolute atomic E-state index is 0.507. The first kappa shape index (κ1) is 33.8. The zero-order chi connectivity index (χ0) is 38.5. The third-order valence-corrected chi connectivity index (χ3v) is 12.1. The van der Waals surface area contributed by atoms with Gasteiger partial charge in [0.25, 0.3) is 0 Å².